The van der Waals surface area contributed by atoms with Gasteiger partial charge in [-0.3, -0.25) is 4.99 Å². The van der Waals surface area contributed by atoms with E-state index in [1.807, 2.05) is 0 Å². The van der Waals surface area contributed by atoms with E-state index in [0.29, 0.717) is 0 Å². The first kappa shape index (κ1) is 12.1. The Morgan fingerprint density at radius 2 is 2.24 bits per heavy atom. The molecular weight excluding hydrogens is 212 g/mol. The number of nitrogens with zero attached hydrogens (tertiary/aromatic N) is 1. The van der Waals surface area contributed by atoms with Crippen molar-refractivity contribution in [1.29, 1.82) is 0 Å². The Bertz CT molecular complexity index is 401. The molecule has 3 nitrogen and oxygen atoms in total. The average molecular weight is 232 g/mol. The summed E-state index contributed by atoms with van der Waals surface area (Å²) >= 11 is 0. The minimum absolute atomic E-state index is 0.248. The van der Waals surface area contributed by atoms with Crippen LogP contribution in [0, 0.1) is 6.92 Å². The Balaban J connectivity index is 1.87. The van der Waals surface area contributed by atoms with Crippen LogP contribution in [-0.2, 0) is 11.2 Å². The zero-order chi connectivity index (χ0) is 12.1. The fourth-order valence-corrected chi connectivity index (χ4v) is 2.04. The summed E-state index contributed by atoms with van der Waals surface area (Å²) in [5, 5.41) is 0. The summed E-state index contributed by atoms with van der Waals surface area (Å²) < 4.78 is 5.82. The zero-order valence-corrected chi connectivity index (χ0v) is 10.4. The number of benzene rings is 1. The summed E-state index contributed by atoms with van der Waals surface area (Å²) in [6.45, 7) is 3.64. The van der Waals surface area contributed by atoms with E-state index < -0.39 is 0 Å². The number of aryl methyl sites for hydroxylation is 1. The van der Waals surface area contributed by atoms with E-state index in [1.165, 1.54) is 11.1 Å². The molecule has 1 atom stereocenters. The highest BCUT2D eigenvalue weighted by atomic mass is 16.5. The second kappa shape index (κ2) is 5.82. The Morgan fingerprint density at radius 3 is 3.00 bits per heavy atom. The van der Waals surface area contributed by atoms with Crippen molar-refractivity contribution in [3.63, 3.8) is 0 Å². The Kier molecular flexibility index (Phi) is 4.15. The highest BCUT2D eigenvalue weighted by Crippen LogP contribution is 2.15. The first-order valence-electron chi connectivity index (χ1n) is 6.24. The van der Waals surface area contributed by atoms with Crippen LogP contribution in [0.5, 0.6) is 0 Å². The normalized spacial score (nSPS) is 18.9. The van der Waals surface area contributed by atoms with Crippen LogP contribution in [0.25, 0.3) is 0 Å². The van der Waals surface area contributed by atoms with E-state index in [-0.39, 0.29) is 6.10 Å². The molecule has 17 heavy (non-hydrogen) atoms. The maximum Gasteiger partial charge on any atom is 0.188 e. The number of nitrogens with two attached hydrogens (primary N) is 1. The van der Waals surface area contributed by atoms with Crippen molar-refractivity contribution in [1.82, 2.24) is 0 Å². The lowest BCUT2D eigenvalue weighted by atomic mass is 10.1. The van der Waals surface area contributed by atoms with Crippen molar-refractivity contribution >= 4 is 5.90 Å². The Hall–Kier alpha value is -1.35. The predicted octanol–water partition coefficient (Wildman–Crippen LogP) is 2.07. The van der Waals surface area contributed by atoms with Crippen molar-refractivity contribution in [3.8, 4) is 0 Å². The number of aliphatic imine (C=N–C) groups is 1. The zero-order valence-electron chi connectivity index (χ0n) is 10.4. The highest BCUT2D eigenvalue weighted by Gasteiger charge is 2.19. The van der Waals surface area contributed by atoms with E-state index in [4.69, 9.17) is 10.5 Å². The van der Waals surface area contributed by atoms with Gasteiger partial charge in [0.15, 0.2) is 5.90 Å². The number of hydrogen-bond donors (Lipinski definition) is 1. The van der Waals surface area contributed by atoms with Crippen LogP contribution < -0.4 is 5.73 Å². The Morgan fingerprint density at radius 1 is 1.41 bits per heavy atom. The summed E-state index contributed by atoms with van der Waals surface area (Å²) in [7, 11) is 0. The van der Waals surface area contributed by atoms with Gasteiger partial charge in [-0.25, -0.2) is 0 Å². The largest absolute Gasteiger partial charge is 0.475 e. The topological polar surface area (TPSA) is 47.6 Å². The van der Waals surface area contributed by atoms with Gasteiger partial charge < -0.3 is 10.5 Å². The number of ether oxygens (including phenoxy) is 1. The molecule has 1 aromatic rings. The SMILES string of the molecule is Cc1ccccc1CC1=NCC(CCCN)O1. The molecule has 1 heterocycles. The molecule has 3 heteroatoms. The molecule has 0 aromatic heterocycles. The van der Waals surface area contributed by atoms with Gasteiger partial charge in [0.05, 0.1) is 6.54 Å². The number of rotatable bonds is 5. The highest BCUT2D eigenvalue weighted by molar-refractivity contribution is 5.80. The Labute approximate surface area is 103 Å². The number of hydrogen-bond acceptors (Lipinski definition) is 3. The van der Waals surface area contributed by atoms with Crippen molar-refractivity contribution < 1.29 is 4.74 Å². The fraction of sp³-hybridized carbons (Fsp3) is 0.500. The standard InChI is InChI=1S/C14H20N2O/c1-11-5-2-3-6-12(11)9-14-16-10-13(17-14)7-4-8-15/h2-3,5-6,13H,4,7-10,15H2,1H3. The lowest BCUT2D eigenvalue weighted by Gasteiger charge is -2.11. The monoisotopic (exact) mass is 232 g/mol. The molecule has 1 aliphatic heterocycles. The van der Waals surface area contributed by atoms with E-state index >= 15 is 0 Å². The molecule has 2 rings (SSSR count). The minimum Gasteiger partial charge on any atom is -0.475 e. The molecule has 0 bridgehead atoms. The van der Waals surface area contributed by atoms with Gasteiger partial charge >= 0.3 is 0 Å². The molecule has 1 aromatic carbocycles. The summed E-state index contributed by atoms with van der Waals surface area (Å²) in [5.74, 6) is 0.876. The van der Waals surface area contributed by atoms with Gasteiger partial charge in [0.25, 0.3) is 0 Å². The maximum absolute atomic E-state index is 5.82. The van der Waals surface area contributed by atoms with Crippen molar-refractivity contribution in [2.45, 2.75) is 32.3 Å². The van der Waals surface area contributed by atoms with Gasteiger partial charge in [-0.15, -0.1) is 0 Å². The maximum atomic E-state index is 5.82. The smallest absolute Gasteiger partial charge is 0.188 e. The quantitative estimate of drug-likeness (QED) is 0.845. The van der Waals surface area contributed by atoms with E-state index in [2.05, 4.69) is 36.2 Å². The van der Waals surface area contributed by atoms with Crippen LogP contribution in [-0.4, -0.2) is 25.1 Å². The summed E-state index contributed by atoms with van der Waals surface area (Å²) in [6, 6.07) is 8.37. The van der Waals surface area contributed by atoms with Crippen molar-refractivity contribution in [2.24, 2.45) is 10.7 Å². The van der Waals surface area contributed by atoms with E-state index in [9.17, 15) is 0 Å². The molecular formula is C14H20N2O. The van der Waals surface area contributed by atoms with Crippen LogP contribution in [0.15, 0.2) is 29.3 Å². The fourth-order valence-electron chi connectivity index (χ4n) is 2.04. The predicted molar refractivity (Wildman–Crippen MR) is 70.3 cm³/mol. The van der Waals surface area contributed by atoms with E-state index in [0.717, 1.165) is 38.2 Å². The van der Waals surface area contributed by atoms with Crippen LogP contribution in [0.1, 0.15) is 24.0 Å². The average Bonchev–Trinajstić information content (AvgIpc) is 2.77. The summed E-state index contributed by atoms with van der Waals surface area (Å²) in [5.41, 5.74) is 8.08. The molecule has 0 amide bonds. The van der Waals surface area contributed by atoms with Gasteiger partial charge in [-0.1, -0.05) is 24.3 Å². The lowest BCUT2D eigenvalue weighted by Crippen LogP contribution is -2.16. The van der Waals surface area contributed by atoms with Crippen LogP contribution in [0.3, 0.4) is 0 Å². The first-order chi connectivity index (χ1) is 8.29. The van der Waals surface area contributed by atoms with Crippen LogP contribution >= 0.6 is 0 Å². The second-order valence-corrected chi connectivity index (χ2v) is 4.51. The van der Waals surface area contributed by atoms with Gasteiger partial charge in [0, 0.05) is 6.42 Å². The third-order valence-corrected chi connectivity index (χ3v) is 3.11. The molecule has 1 aliphatic rings. The van der Waals surface area contributed by atoms with Gasteiger partial charge in [-0.2, -0.15) is 0 Å². The molecule has 0 saturated heterocycles. The molecule has 0 spiro atoms. The molecule has 92 valence electrons. The molecule has 0 saturated carbocycles. The summed E-state index contributed by atoms with van der Waals surface area (Å²) in [6.07, 6.45) is 3.08. The van der Waals surface area contributed by atoms with E-state index in [1.54, 1.807) is 0 Å². The van der Waals surface area contributed by atoms with Crippen molar-refractivity contribution in [2.75, 3.05) is 13.1 Å². The molecule has 2 N–H and O–H groups in total. The van der Waals surface area contributed by atoms with Crippen molar-refractivity contribution in [3.05, 3.63) is 35.4 Å². The second-order valence-electron chi connectivity index (χ2n) is 4.51. The molecule has 1 unspecified atom stereocenters. The molecule has 0 fully saturated rings. The molecule has 0 radical (unpaired) electrons. The molecule has 0 aliphatic carbocycles. The lowest BCUT2D eigenvalue weighted by molar-refractivity contribution is 0.207. The van der Waals surface area contributed by atoms with Gasteiger partial charge in [-0.05, 0) is 37.4 Å². The summed E-state index contributed by atoms with van der Waals surface area (Å²) in [4.78, 5) is 4.46. The first-order valence-corrected chi connectivity index (χ1v) is 6.24. The van der Waals surface area contributed by atoms with Gasteiger partial charge in [0.2, 0.25) is 0 Å². The third-order valence-electron chi connectivity index (χ3n) is 3.11. The third kappa shape index (κ3) is 3.30. The van der Waals surface area contributed by atoms with Gasteiger partial charge in [0.1, 0.15) is 6.10 Å². The van der Waals surface area contributed by atoms with Crippen LogP contribution in [0.2, 0.25) is 0 Å². The minimum atomic E-state index is 0.248. The van der Waals surface area contributed by atoms with Crippen LogP contribution in [0.4, 0.5) is 0 Å².